The van der Waals surface area contributed by atoms with Crippen LogP contribution in [-0.4, -0.2) is 155 Å². The number of methoxy groups -OCH3 is 2. The fraction of sp³-hybridized carbons (Fsp3) is 0.656. The summed E-state index contributed by atoms with van der Waals surface area (Å²) in [6, 6.07) is 5.01. The minimum Gasteiger partial charge on any atom is -0.493 e. The lowest BCUT2D eigenvalue weighted by atomic mass is 9.85. The quantitative estimate of drug-likeness (QED) is 0.0720. The smallest absolute Gasteiger partial charge is 0.331 e. The van der Waals surface area contributed by atoms with Crippen LogP contribution in [0, 0.1) is 11.8 Å². The maximum absolute atomic E-state index is 12.8. The first-order chi connectivity index (χ1) is 23.5. The van der Waals surface area contributed by atoms with Crippen molar-refractivity contribution in [1.29, 1.82) is 0 Å². The number of benzene rings is 1. The Morgan fingerprint density at radius 1 is 0.878 bits per heavy atom. The van der Waals surface area contributed by atoms with Crippen molar-refractivity contribution in [2.24, 2.45) is 11.8 Å². The third kappa shape index (κ3) is 6.55. The van der Waals surface area contributed by atoms with Gasteiger partial charge in [0.1, 0.15) is 48.3 Å². The van der Waals surface area contributed by atoms with Crippen molar-refractivity contribution in [2.45, 2.75) is 92.4 Å². The molecule has 6 rings (SSSR count). The molecule has 1 aromatic rings. The zero-order valence-electron chi connectivity index (χ0n) is 26.8. The van der Waals surface area contributed by atoms with E-state index in [9.17, 15) is 40.5 Å². The van der Waals surface area contributed by atoms with Crippen LogP contribution in [0.4, 0.5) is 0 Å². The van der Waals surface area contributed by atoms with Gasteiger partial charge in [0.25, 0.3) is 0 Å². The first kappa shape index (κ1) is 35.9. The summed E-state index contributed by atoms with van der Waals surface area (Å²) in [6.45, 7) is 0.376. The Kier molecular flexibility index (Phi) is 10.5. The van der Waals surface area contributed by atoms with Gasteiger partial charge in [-0.3, -0.25) is 0 Å². The first-order valence-electron chi connectivity index (χ1n) is 15.8. The molecule has 1 aromatic carbocycles. The van der Waals surface area contributed by atoms with Gasteiger partial charge < -0.3 is 78.4 Å². The molecular weight excluding hydrogens is 656 g/mol. The average molecular weight is 699 g/mol. The van der Waals surface area contributed by atoms with Crippen LogP contribution in [0.3, 0.4) is 0 Å². The molecule has 1 aliphatic carbocycles. The fourth-order valence-electron chi connectivity index (χ4n) is 7.01. The molecule has 0 aromatic heterocycles. The highest BCUT2D eigenvalue weighted by Gasteiger charge is 2.77. The largest absolute Gasteiger partial charge is 0.493 e. The number of aliphatic hydroxyl groups excluding tert-OH is 7. The summed E-state index contributed by atoms with van der Waals surface area (Å²) in [7, 11) is 2.98. The molecule has 0 spiro atoms. The Bertz CT molecular complexity index is 1390. The highest BCUT2D eigenvalue weighted by atomic mass is 16.8. The number of esters is 1. The first-order valence-corrected chi connectivity index (χ1v) is 15.8. The molecule has 16 atom stereocenters. The van der Waals surface area contributed by atoms with Gasteiger partial charge >= 0.3 is 5.97 Å². The van der Waals surface area contributed by atoms with E-state index in [2.05, 4.69) is 0 Å². The van der Waals surface area contributed by atoms with Crippen molar-refractivity contribution in [3.63, 3.8) is 0 Å². The number of rotatable bonds is 11. The minimum absolute atomic E-state index is 0.451. The van der Waals surface area contributed by atoms with Gasteiger partial charge in [-0.15, -0.1) is 0 Å². The lowest BCUT2D eigenvalue weighted by Gasteiger charge is -2.44. The summed E-state index contributed by atoms with van der Waals surface area (Å²) >= 11 is 0. The van der Waals surface area contributed by atoms with E-state index in [1.54, 1.807) is 24.3 Å². The van der Waals surface area contributed by atoms with Crippen LogP contribution in [0.25, 0.3) is 6.08 Å². The Labute approximate surface area is 280 Å². The monoisotopic (exact) mass is 698 g/mol. The van der Waals surface area contributed by atoms with Gasteiger partial charge in [0.05, 0.1) is 51.8 Å². The molecular formula is C32H42O17. The molecule has 0 radical (unpaired) electrons. The van der Waals surface area contributed by atoms with Crippen LogP contribution in [0.2, 0.25) is 0 Å². The van der Waals surface area contributed by atoms with Gasteiger partial charge in [-0.2, -0.15) is 0 Å². The van der Waals surface area contributed by atoms with Crippen molar-refractivity contribution < 1.29 is 83.2 Å². The van der Waals surface area contributed by atoms with Gasteiger partial charge in [0.2, 0.25) is 6.29 Å². The number of fused-ring (bicyclic) bond motifs is 3. The predicted octanol–water partition coefficient (Wildman–Crippen LogP) is -2.46. The minimum atomic E-state index is -1.70. The van der Waals surface area contributed by atoms with Crippen LogP contribution in [0.15, 0.2) is 36.6 Å². The molecule has 16 unspecified atom stereocenters. The maximum atomic E-state index is 12.8. The van der Waals surface area contributed by atoms with Crippen molar-refractivity contribution in [3.05, 3.63) is 42.2 Å². The van der Waals surface area contributed by atoms with E-state index < -0.39 is 117 Å². The Morgan fingerprint density at radius 2 is 1.61 bits per heavy atom. The van der Waals surface area contributed by atoms with Gasteiger partial charge in [-0.1, -0.05) is 6.07 Å². The van der Waals surface area contributed by atoms with Crippen molar-refractivity contribution in [1.82, 2.24) is 0 Å². The maximum Gasteiger partial charge on any atom is 0.331 e. The van der Waals surface area contributed by atoms with E-state index >= 15 is 0 Å². The number of epoxide rings is 1. The second-order valence-electron chi connectivity index (χ2n) is 12.6. The van der Waals surface area contributed by atoms with Crippen LogP contribution < -0.4 is 9.47 Å². The number of carbonyl (C=O) groups excluding carboxylic acids is 1. The van der Waals surface area contributed by atoms with Crippen molar-refractivity contribution in [3.8, 4) is 11.5 Å². The van der Waals surface area contributed by atoms with Crippen molar-refractivity contribution in [2.75, 3.05) is 27.4 Å². The molecule has 4 heterocycles. The standard InChI is InChI=1S/C32H42O17/c1-13-21(36)27(46-19(35)7-5-14-4-6-16(41-2)17(10-14)42-3)25(40)31(44-13)47-26-15-8-9-43-29(20(15)32(12-34)28(26)49-32)48-30-24(39)23(38)22(37)18(11-33)45-30/h4-10,13,15,18,20-31,33-34,36-40H,11-12H2,1-3H3. The van der Waals surface area contributed by atoms with Crippen LogP contribution >= 0.6 is 0 Å². The molecule has 17 nitrogen and oxygen atoms in total. The van der Waals surface area contributed by atoms with Crippen LogP contribution in [0.1, 0.15) is 12.5 Å². The highest BCUT2D eigenvalue weighted by molar-refractivity contribution is 5.87. The molecule has 1 saturated carbocycles. The van der Waals surface area contributed by atoms with Crippen molar-refractivity contribution >= 4 is 12.0 Å². The number of carbonyl (C=O) groups is 1. The van der Waals surface area contributed by atoms with Gasteiger partial charge in [0.15, 0.2) is 30.2 Å². The molecule has 5 aliphatic rings. The summed E-state index contributed by atoms with van der Waals surface area (Å²) in [5.41, 5.74) is -0.632. The predicted molar refractivity (Wildman–Crippen MR) is 160 cm³/mol. The van der Waals surface area contributed by atoms with E-state index in [1.807, 2.05) is 0 Å². The number of hydrogen-bond donors (Lipinski definition) is 7. The molecule has 7 N–H and O–H groups in total. The fourth-order valence-corrected chi connectivity index (χ4v) is 7.01. The molecule has 4 aliphatic heterocycles. The van der Waals surface area contributed by atoms with Gasteiger partial charge in [-0.25, -0.2) is 4.79 Å². The van der Waals surface area contributed by atoms with E-state index in [0.717, 1.165) is 6.08 Å². The lowest BCUT2D eigenvalue weighted by Crippen LogP contribution is -2.60. The molecule has 49 heavy (non-hydrogen) atoms. The highest BCUT2D eigenvalue weighted by Crippen LogP contribution is 2.61. The van der Waals surface area contributed by atoms with E-state index in [1.165, 1.54) is 33.5 Å². The molecule has 3 saturated heterocycles. The number of aliphatic hydroxyl groups is 7. The molecule has 4 fully saturated rings. The van der Waals surface area contributed by atoms with Gasteiger partial charge in [0, 0.05) is 12.0 Å². The summed E-state index contributed by atoms with van der Waals surface area (Å²) in [5, 5.41) is 72.9. The Morgan fingerprint density at radius 3 is 2.31 bits per heavy atom. The van der Waals surface area contributed by atoms with E-state index in [0.29, 0.717) is 17.1 Å². The number of ether oxygens (including phenoxy) is 9. The summed E-state index contributed by atoms with van der Waals surface area (Å²) in [4.78, 5) is 12.8. The van der Waals surface area contributed by atoms with Crippen LogP contribution in [-0.2, 0) is 38.0 Å². The zero-order valence-corrected chi connectivity index (χ0v) is 26.8. The number of hydrogen-bond acceptors (Lipinski definition) is 17. The second-order valence-corrected chi connectivity index (χ2v) is 12.6. The zero-order chi connectivity index (χ0) is 35.2. The Balaban J connectivity index is 1.14. The van der Waals surface area contributed by atoms with Gasteiger partial charge in [-0.05, 0) is 36.8 Å². The average Bonchev–Trinajstić information content (AvgIpc) is 3.78. The SMILES string of the molecule is COc1ccc(C=CC(=O)OC2C(O)C(C)OC(OC3C4C=COC(OC5OC(CO)C(O)C(O)C5O)C4C4(CO)OC34)C2O)cc1OC. The summed E-state index contributed by atoms with van der Waals surface area (Å²) < 4.78 is 51.0. The molecule has 17 heteroatoms. The summed E-state index contributed by atoms with van der Waals surface area (Å²) in [6.07, 6.45) is -11.8. The van der Waals surface area contributed by atoms with Crippen LogP contribution in [0.5, 0.6) is 11.5 Å². The molecule has 0 amide bonds. The van der Waals surface area contributed by atoms with E-state index in [4.69, 9.17) is 42.6 Å². The lowest BCUT2D eigenvalue weighted by molar-refractivity contribution is -0.347. The third-order valence-corrected chi connectivity index (χ3v) is 9.74. The summed E-state index contributed by atoms with van der Waals surface area (Å²) in [5.74, 6) is -1.23. The molecule has 0 bridgehead atoms. The molecule has 272 valence electrons. The normalized spacial score (nSPS) is 44.2. The van der Waals surface area contributed by atoms with E-state index in [-0.39, 0.29) is 0 Å². The topological polar surface area (TPSA) is 245 Å². The second kappa shape index (κ2) is 14.4. The third-order valence-electron chi connectivity index (χ3n) is 9.74. The Hall–Kier alpha value is -2.91.